The molecule has 0 aromatic heterocycles. The van der Waals surface area contributed by atoms with Crippen LogP contribution in [0.3, 0.4) is 0 Å². The van der Waals surface area contributed by atoms with Gasteiger partial charge >= 0.3 is 0 Å². The third-order valence-electron chi connectivity index (χ3n) is 1.03. The summed E-state index contributed by atoms with van der Waals surface area (Å²) in [5.74, 6) is 0. The van der Waals surface area contributed by atoms with Gasteiger partial charge in [-0.1, -0.05) is 17.3 Å². The Morgan fingerprint density at radius 2 is 1.62 bits per heavy atom. The minimum Gasteiger partial charge on any atom is -0.143 e. The molecule has 42 valence electrons. The maximum atomic E-state index is 4.15. The smallest absolute Gasteiger partial charge is 0.0384 e. The van der Waals surface area contributed by atoms with Gasteiger partial charge in [0.15, 0.2) is 0 Å². The maximum absolute atomic E-state index is 4.15. The van der Waals surface area contributed by atoms with E-state index in [0.717, 1.165) is 15.1 Å². The van der Waals surface area contributed by atoms with E-state index in [4.69, 9.17) is 0 Å². The van der Waals surface area contributed by atoms with Crippen LogP contribution in [0, 0.1) is 0 Å². The van der Waals surface area contributed by atoms with Crippen LogP contribution in [0.25, 0.3) is 0 Å². The van der Waals surface area contributed by atoms with Crippen LogP contribution in [0.15, 0.2) is 29.2 Å². The summed E-state index contributed by atoms with van der Waals surface area (Å²) in [6, 6.07) is 8.25. The molecule has 0 unspecified atom stereocenters. The van der Waals surface area contributed by atoms with Gasteiger partial charge in [0, 0.05) is 15.1 Å². The van der Waals surface area contributed by atoms with E-state index in [-0.39, 0.29) is 0 Å². The van der Waals surface area contributed by atoms with Crippen LogP contribution in [0.1, 0.15) is 0 Å². The Labute approximate surface area is 57.8 Å². The second kappa shape index (κ2) is 2.37. The van der Waals surface area contributed by atoms with Crippen LogP contribution in [0.5, 0.6) is 0 Å². The van der Waals surface area contributed by atoms with Crippen molar-refractivity contribution in [1.29, 1.82) is 0 Å². The maximum Gasteiger partial charge on any atom is 0.0384 e. The Balaban J connectivity index is 3.03. The van der Waals surface area contributed by atoms with Gasteiger partial charge in [-0.25, -0.2) is 0 Å². The van der Waals surface area contributed by atoms with Gasteiger partial charge in [-0.2, -0.15) is 0 Å². The molecule has 0 aliphatic rings. The highest BCUT2D eigenvalue weighted by molar-refractivity contribution is 7.80. The quantitative estimate of drug-likeness (QED) is 0.379. The van der Waals surface area contributed by atoms with Crippen molar-refractivity contribution in [3.8, 4) is 0 Å². The van der Waals surface area contributed by atoms with Gasteiger partial charge in [0.1, 0.15) is 0 Å². The molecule has 0 spiro atoms. The first-order valence-corrected chi connectivity index (χ1v) is 3.99. The molecule has 2 heteroatoms. The van der Waals surface area contributed by atoms with Crippen molar-refractivity contribution < 1.29 is 0 Å². The first-order valence-electron chi connectivity index (χ1n) is 2.54. The molecule has 0 heterocycles. The lowest BCUT2D eigenvalue weighted by atomic mass is 10.4. The van der Waals surface area contributed by atoms with E-state index >= 15 is 0 Å². The average molecular weight is 140 g/mol. The number of benzene rings is 1. The first-order chi connectivity index (χ1) is 3.79. The molecule has 0 bridgehead atoms. The molecule has 1 aromatic carbocycles. The molecule has 0 aliphatic heterocycles. The van der Waals surface area contributed by atoms with Crippen molar-refractivity contribution in [2.45, 2.75) is 4.90 Å². The zero-order valence-corrected chi connectivity index (χ0v) is 7.65. The van der Waals surface area contributed by atoms with Crippen LogP contribution in [-0.4, -0.2) is 10.2 Å². The Bertz CT molecular complexity index is 147. The molecule has 0 aliphatic carbocycles. The predicted octanol–water partition coefficient (Wildman–Crippen LogP) is -0.0340. The van der Waals surface area contributed by atoms with E-state index in [0.29, 0.717) is 0 Å². The average Bonchev–Trinajstić information content (AvgIpc) is 1.77. The van der Waals surface area contributed by atoms with Crippen molar-refractivity contribution in [1.82, 2.24) is 0 Å². The summed E-state index contributed by atoms with van der Waals surface area (Å²) in [5, 5.41) is 1.42. The van der Waals surface area contributed by atoms with E-state index in [1.165, 1.54) is 5.19 Å². The van der Waals surface area contributed by atoms with Crippen molar-refractivity contribution in [2.75, 3.05) is 0 Å². The normalized spacial score (nSPS) is 9.62. The number of thiol groups is 1. The third-order valence-corrected chi connectivity index (χ3v) is 2.00. The molecule has 0 fully saturated rings. The van der Waals surface area contributed by atoms with Crippen LogP contribution in [0.4, 0.5) is 0 Å². The molecule has 8 heavy (non-hydrogen) atoms. The second-order valence-electron chi connectivity index (χ2n) is 1.84. The van der Waals surface area contributed by atoms with Crippen molar-refractivity contribution >= 4 is 28.1 Å². The summed E-state index contributed by atoms with van der Waals surface area (Å²) in [5.41, 5.74) is 0. The Morgan fingerprint density at radius 1 is 1.12 bits per heavy atom. The molecule has 1 aromatic rings. The van der Waals surface area contributed by atoms with Crippen LogP contribution in [-0.2, 0) is 0 Å². The monoisotopic (exact) mass is 140 g/mol. The molecule has 0 nitrogen and oxygen atoms in total. The number of rotatable bonds is 0. The molecule has 1 rings (SSSR count). The first kappa shape index (κ1) is 5.92. The summed E-state index contributed by atoms with van der Waals surface area (Å²) >= 11 is 4.15. The summed E-state index contributed by atoms with van der Waals surface area (Å²) in [4.78, 5) is 1.05. The topological polar surface area (TPSA) is 0 Å². The van der Waals surface area contributed by atoms with Gasteiger partial charge in [-0.3, -0.25) is 0 Å². The lowest BCUT2D eigenvalue weighted by Gasteiger charge is -1.89. The zero-order valence-electron chi connectivity index (χ0n) is 4.76. The zero-order chi connectivity index (χ0) is 5.98. The van der Waals surface area contributed by atoms with Gasteiger partial charge < -0.3 is 0 Å². The fourth-order valence-corrected chi connectivity index (χ4v) is 1.03. The highest BCUT2D eigenvalue weighted by atomic mass is 32.1. The predicted molar refractivity (Wildman–Crippen MR) is 43.3 cm³/mol. The largest absolute Gasteiger partial charge is 0.143 e. The van der Waals surface area contributed by atoms with Crippen LogP contribution < -0.4 is 5.19 Å². The minimum absolute atomic E-state index is 1.05. The van der Waals surface area contributed by atoms with E-state index < -0.39 is 0 Å². The third kappa shape index (κ3) is 1.38. The van der Waals surface area contributed by atoms with Crippen LogP contribution >= 0.6 is 12.6 Å². The Morgan fingerprint density at radius 3 is 2.00 bits per heavy atom. The summed E-state index contributed by atoms with van der Waals surface area (Å²) < 4.78 is 0. The molecule has 0 radical (unpaired) electrons. The second-order valence-corrected chi connectivity index (χ2v) is 3.51. The minimum atomic E-state index is 1.05. The lowest BCUT2D eigenvalue weighted by Crippen LogP contribution is -1.98. The number of hydrogen-bond acceptors (Lipinski definition) is 1. The molecule has 0 saturated carbocycles. The fourth-order valence-electron chi connectivity index (χ4n) is 0.545. The number of hydrogen-bond donors (Lipinski definition) is 1. The molecular weight excluding hydrogens is 132 g/mol. The van der Waals surface area contributed by atoms with E-state index in [1.807, 2.05) is 12.1 Å². The highest BCUT2D eigenvalue weighted by Gasteiger charge is 1.80. The standard InChI is InChI=1S/C6H8SSi/c7-5-1-3-6(8)4-2-5/h1-4,7H,8H3. The fraction of sp³-hybridized carbons (Fsp3) is 0. The molecular formula is C6H8SSi. The van der Waals surface area contributed by atoms with Gasteiger partial charge in [0.05, 0.1) is 0 Å². The van der Waals surface area contributed by atoms with Gasteiger partial charge in [-0.15, -0.1) is 12.6 Å². The van der Waals surface area contributed by atoms with Crippen LogP contribution in [0.2, 0.25) is 0 Å². The summed E-state index contributed by atoms with van der Waals surface area (Å²) in [7, 11) is 1.14. The Hall–Kier alpha value is -0.213. The van der Waals surface area contributed by atoms with Crippen molar-refractivity contribution in [2.24, 2.45) is 0 Å². The molecule has 0 N–H and O–H groups in total. The van der Waals surface area contributed by atoms with Crippen molar-refractivity contribution in [3.05, 3.63) is 24.3 Å². The van der Waals surface area contributed by atoms with Gasteiger partial charge in [-0.05, 0) is 12.1 Å². The highest BCUT2D eigenvalue weighted by Crippen LogP contribution is 1.99. The lowest BCUT2D eigenvalue weighted by molar-refractivity contribution is 1.50. The van der Waals surface area contributed by atoms with Gasteiger partial charge in [0.2, 0.25) is 0 Å². The van der Waals surface area contributed by atoms with E-state index in [1.54, 1.807) is 0 Å². The Kier molecular flexibility index (Phi) is 1.75. The molecule has 0 atom stereocenters. The van der Waals surface area contributed by atoms with Crippen molar-refractivity contribution in [3.63, 3.8) is 0 Å². The molecule has 0 amide bonds. The summed E-state index contributed by atoms with van der Waals surface area (Å²) in [6.07, 6.45) is 0. The molecule has 0 saturated heterocycles. The van der Waals surface area contributed by atoms with E-state index in [9.17, 15) is 0 Å². The van der Waals surface area contributed by atoms with E-state index in [2.05, 4.69) is 24.8 Å². The van der Waals surface area contributed by atoms with Gasteiger partial charge in [0.25, 0.3) is 0 Å². The SMILES string of the molecule is [SiH3]c1ccc(S)cc1. The summed E-state index contributed by atoms with van der Waals surface area (Å²) in [6.45, 7) is 0.